The molecular weight excluding hydrogens is 326 g/mol. The molecule has 1 aliphatic carbocycles. The van der Waals surface area contributed by atoms with E-state index in [4.69, 9.17) is 0 Å². The van der Waals surface area contributed by atoms with Gasteiger partial charge in [0.1, 0.15) is 36.6 Å². The van der Waals surface area contributed by atoms with E-state index in [9.17, 15) is 49.1 Å². The second-order valence-corrected chi connectivity index (χ2v) is 6.21. The standard InChI is InChI=1S/C6H14O12P2/c7-1-2(8)5(17-19(11,12)13)4(10)6(3(1)9)18-20(14,15)16/h1-10H,(H2,11,12,13)(H2,14,15,16)/p-4/t1?,2-,3-,4?,5-,6+/m0/s1. The number of phosphoric ester groups is 2. The summed E-state index contributed by atoms with van der Waals surface area (Å²) in [5.41, 5.74) is 0. The average Bonchev–Trinajstić information content (AvgIpc) is 2.25. The average molecular weight is 336 g/mol. The lowest BCUT2D eigenvalue weighted by molar-refractivity contribution is -0.360. The molecule has 4 N–H and O–H groups in total. The van der Waals surface area contributed by atoms with Gasteiger partial charge in [0, 0.05) is 0 Å². The fourth-order valence-electron chi connectivity index (χ4n) is 1.73. The summed E-state index contributed by atoms with van der Waals surface area (Å²) >= 11 is 0. The van der Waals surface area contributed by atoms with E-state index in [-0.39, 0.29) is 0 Å². The zero-order chi connectivity index (χ0) is 15.9. The normalized spacial score (nSPS) is 39.8. The molecule has 0 aromatic rings. The molecule has 0 aromatic heterocycles. The van der Waals surface area contributed by atoms with Gasteiger partial charge in [0.25, 0.3) is 0 Å². The van der Waals surface area contributed by atoms with Gasteiger partial charge in [-0.2, -0.15) is 0 Å². The Bertz CT molecular complexity index is 390. The molecule has 0 bridgehead atoms. The second kappa shape index (κ2) is 6.05. The molecule has 2 unspecified atom stereocenters. The lowest BCUT2D eigenvalue weighted by Gasteiger charge is -2.48. The fourth-order valence-corrected chi connectivity index (χ4v) is 2.82. The summed E-state index contributed by atoms with van der Waals surface area (Å²) in [5.74, 6) is 0. The van der Waals surface area contributed by atoms with Gasteiger partial charge < -0.3 is 58.2 Å². The van der Waals surface area contributed by atoms with Gasteiger partial charge in [0.15, 0.2) is 0 Å². The Morgan fingerprint density at radius 1 is 0.650 bits per heavy atom. The van der Waals surface area contributed by atoms with Crippen molar-refractivity contribution in [1.29, 1.82) is 0 Å². The Morgan fingerprint density at radius 2 is 0.950 bits per heavy atom. The van der Waals surface area contributed by atoms with Crippen molar-refractivity contribution >= 4 is 15.6 Å². The van der Waals surface area contributed by atoms with E-state index in [1.54, 1.807) is 0 Å². The molecule has 0 aliphatic heterocycles. The van der Waals surface area contributed by atoms with Gasteiger partial charge in [0.2, 0.25) is 0 Å². The largest absolute Gasteiger partial charge is 0.790 e. The van der Waals surface area contributed by atoms with Crippen molar-refractivity contribution in [3.8, 4) is 0 Å². The summed E-state index contributed by atoms with van der Waals surface area (Å²) in [6.07, 6.45) is -13.7. The van der Waals surface area contributed by atoms with Gasteiger partial charge in [-0.15, -0.1) is 0 Å². The number of hydrogen-bond acceptors (Lipinski definition) is 12. The zero-order valence-corrected chi connectivity index (χ0v) is 11.2. The lowest BCUT2D eigenvalue weighted by Crippen LogP contribution is -2.65. The second-order valence-electron chi connectivity index (χ2n) is 4.00. The Hall–Kier alpha value is 0.0600. The van der Waals surface area contributed by atoms with E-state index >= 15 is 0 Å². The summed E-state index contributed by atoms with van der Waals surface area (Å²) in [4.78, 5) is 41.7. The van der Waals surface area contributed by atoms with Crippen LogP contribution in [-0.4, -0.2) is 57.0 Å². The number of hydrogen-bond donors (Lipinski definition) is 4. The van der Waals surface area contributed by atoms with Crippen LogP contribution in [0.15, 0.2) is 0 Å². The van der Waals surface area contributed by atoms with Crippen LogP contribution in [0.2, 0.25) is 0 Å². The molecule has 0 aromatic carbocycles. The summed E-state index contributed by atoms with van der Waals surface area (Å²) in [5, 5.41) is 37.6. The summed E-state index contributed by atoms with van der Waals surface area (Å²) in [6.45, 7) is 0. The minimum atomic E-state index is -5.73. The fraction of sp³-hybridized carbons (Fsp3) is 1.00. The van der Waals surface area contributed by atoms with Crippen molar-refractivity contribution in [2.45, 2.75) is 36.6 Å². The van der Waals surface area contributed by atoms with Gasteiger partial charge in [-0.1, -0.05) is 0 Å². The monoisotopic (exact) mass is 336 g/mol. The molecule has 12 nitrogen and oxygen atoms in total. The molecule has 1 fully saturated rings. The van der Waals surface area contributed by atoms with Crippen molar-refractivity contribution in [3.63, 3.8) is 0 Å². The van der Waals surface area contributed by atoms with Gasteiger partial charge in [-0.05, 0) is 0 Å². The molecule has 0 amide bonds. The Balaban J connectivity index is 3.02. The van der Waals surface area contributed by atoms with Crippen LogP contribution in [0.4, 0.5) is 0 Å². The van der Waals surface area contributed by atoms with Crippen molar-refractivity contribution in [2.75, 3.05) is 0 Å². The van der Waals surface area contributed by atoms with Gasteiger partial charge in [-0.25, -0.2) is 0 Å². The first kappa shape index (κ1) is 18.1. The maximum Gasteiger partial charge on any atom is 0.120 e. The van der Waals surface area contributed by atoms with Crippen molar-refractivity contribution in [2.24, 2.45) is 0 Å². The molecule has 0 saturated heterocycles. The molecule has 0 spiro atoms. The third kappa shape index (κ3) is 4.53. The molecule has 14 heteroatoms. The smallest absolute Gasteiger partial charge is 0.120 e. The van der Waals surface area contributed by atoms with E-state index in [1.807, 2.05) is 0 Å². The summed E-state index contributed by atoms with van der Waals surface area (Å²) < 4.78 is 28.4. The predicted octanol–water partition coefficient (Wildman–Crippen LogP) is -6.13. The number of aliphatic hydroxyl groups excluding tert-OH is 4. The molecule has 1 rings (SSSR count). The minimum absolute atomic E-state index is 2.23. The minimum Gasteiger partial charge on any atom is -0.790 e. The molecule has 1 saturated carbocycles. The van der Waals surface area contributed by atoms with Crippen LogP contribution in [0.25, 0.3) is 0 Å². The van der Waals surface area contributed by atoms with Crippen LogP contribution in [0.5, 0.6) is 0 Å². The van der Waals surface area contributed by atoms with Crippen molar-refractivity contribution in [3.05, 3.63) is 0 Å². The third-order valence-electron chi connectivity index (χ3n) is 2.55. The Kier molecular flexibility index (Phi) is 5.48. The van der Waals surface area contributed by atoms with E-state index in [1.165, 1.54) is 0 Å². The van der Waals surface area contributed by atoms with Crippen molar-refractivity contribution < 1.29 is 58.2 Å². The SMILES string of the molecule is O=P([O-])([O-])O[C@@H]1C(O)[C@H](OP(=O)([O-])[O-])[C@@H](O)C(O)[C@@H]1O. The summed E-state index contributed by atoms with van der Waals surface area (Å²) in [6, 6.07) is 0. The van der Waals surface area contributed by atoms with Crippen LogP contribution < -0.4 is 19.6 Å². The van der Waals surface area contributed by atoms with E-state index < -0.39 is 52.3 Å². The molecular formula is C6H10O12P2-4. The lowest BCUT2D eigenvalue weighted by atomic mass is 9.85. The highest BCUT2D eigenvalue weighted by Crippen LogP contribution is 2.39. The van der Waals surface area contributed by atoms with Crippen LogP contribution in [0, 0.1) is 0 Å². The molecule has 20 heavy (non-hydrogen) atoms. The zero-order valence-electron chi connectivity index (χ0n) is 9.41. The number of phosphoric acid groups is 2. The van der Waals surface area contributed by atoms with Crippen LogP contribution >= 0.6 is 15.6 Å². The molecule has 0 radical (unpaired) electrons. The Morgan fingerprint density at radius 3 is 1.20 bits per heavy atom. The van der Waals surface area contributed by atoms with Crippen LogP contribution in [0.1, 0.15) is 0 Å². The van der Waals surface area contributed by atoms with Crippen LogP contribution in [-0.2, 0) is 18.2 Å². The highest BCUT2D eigenvalue weighted by atomic mass is 31.2. The first-order chi connectivity index (χ1) is 8.83. The third-order valence-corrected chi connectivity index (χ3v) is 3.55. The molecule has 0 heterocycles. The number of rotatable bonds is 4. The maximum atomic E-state index is 10.4. The molecule has 120 valence electrons. The maximum absolute atomic E-state index is 10.4. The van der Waals surface area contributed by atoms with E-state index in [2.05, 4.69) is 9.05 Å². The Labute approximate surface area is 111 Å². The van der Waals surface area contributed by atoms with Crippen LogP contribution in [0.3, 0.4) is 0 Å². The van der Waals surface area contributed by atoms with E-state index in [0.717, 1.165) is 0 Å². The van der Waals surface area contributed by atoms with Crippen molar-refractivity contribution in [1.82, 2.24) is 0 Å². The van der Waals surface area contributed by atoms with Gasteiger partial charge >= 0.3 is 0 Å². The summed E-state index contributed by atoms with van der Waals surface area (Å²) in [7, 11) is -11.5. The highest BCUT2D eigenvalue weighted by Gasteiger charge is 2.50. The highest BCUT2D eigenvalue weighted by molar-refractivity contribution is 7.43. The molecule has 6 atom stereocenters. The first-order valence-corrected chi connectivity index (χ1v) is 7.89. The first-order valence-electron chi connectivity index (χ1n) is 4.96. The number of aliphatic hydroxyl groups is 4. The van der Waals surface area contributed by atoms with Gasteiger partial charge in [-0.3, -0.25) is 0 Å². The predicted molar refractivity (Wildman–Crippen MR) is 49.0 cm³/mol. The van der Waals surface area contributed by atoms with E-state index in [0.29, 0.717) is 0 Å². The molecule has 1 aliphatic rings. The topological polar surface area (TPSA) is 226 Å². The quantitative estimate of drug-likeness (QED) is 0.352. The van der Waals surface area contributed by atoms with Gasteiger partial charge in [0.05, 0.1) is 15.6 Å².